The van der Waals surface area contributed by atoms with Crippen LogP contribution in [0.15, 0.2) is 400 Å². The molecule has 1 saturated heterocycles. The van der Waals surface area contributed by atoms with Crippen molar-refractivity contribution in [1.82, 2.24) is 4.57 Å². The summed E-state index contributed by atoms with van der Waals surface area (Å²) in [5, 5.41) is 2.52. The van der Waals surface area contributed by atoms with E-state index in [9.17, 15) is 0 Å². The molecule has 2 atom stereocenters. The molecule has 15 aromatic rings. The summed E-state index contributed by atoms with van der Waals surface area (Å²) in [6.07, 6.45) is 9.22. The van der Waals surface area contributed by atoms with Gasteiger partial charge in [-0.3, -0.25) is 0 Å². The molecule has 1 aliphatic carbocycles. The van der Waals surface area contributed by atoms with Gasteiger partial charge in [-0.25, -0.2) is 0 Å². The standard InChI is InChI=1S/C54H38N2.C36H30N4Si/c1-4-12-39(13-5-1)42-24-31-48(32-25-42)55(49-33-26-43(27-34-49)40-14-6-2-7-15-40)50-35-28-44(29-36-50)41-20-22-45(23-21-41)46-30-37-54-52(38-46)51-18-10-11-19-53(51)56(54)47-16-8-3-9-17-47;1-5-17-29(18-6-1)37-33-25-13-14-26-34(33)38(30-19-7-2-8-20-30)41(37)39(31-21-9-3-10-22-31)35-27-15-16-28-36(35)40(41)32-23-11-4-12-24-32/h1-38H;1-28,33-34H. The van der Waals surface area contributed by atoms with Crippen LogP contribution in [-0.2, 0) is 0 Å². The van der Waals surface area contributed by atoms with Crippen molar-refractivity contribution in [2.75, 3.05) is 23.2 Å². The lowest BCUT2D eigenvalue weighted by atomic mass is 9.98. The van der Waals surface area contributed by atoms with Gasteiger partial charge >= 0.3 is 8.72 Å². The Hall–Kier alpha value is -12.4. The number of fused-ring (bicyclic) bond motifs is 5. The first-order valence-electron chi connectivity index (χ1n) is 33.4. The van der Waals surface area contributed by atoms with Gasteiger partial charge in [0.1, 0.15) is 0 Å². The van der Waals surface area contributed by atoms with Gasteiger partial charge in [0.25, 0.3) is 0 Å². The molecular formula is C90H68N6Si. The second-order valence-electron chi connectivity index (χ2n) is 24.8. The van der Waals surface area contributed by atoms with Gasteiger partial charge in [-0.05, 0) is 172 Å². The molecule has 0 radical (unpaired) electrons. The van der Waals surface area contributed by atoms with Crippen molar-refractivity contribution in [2.24, 2.45) is 0 Å². The number of para-hydroxylation sites is 8. The lowest BCUT2D eigenvalue weighted by Crippen LogP contribution is -2.77. The minimum Gasteiger partial charge on any atom is -0.338 e. The number of hydrogen-bond acceptors (Lipinski definition) is 5. The van der Waals surface area contributed by atoms with Gasteiger partial charge in [-0.15, -0.1) is 0 Å². The van der Waals surface area contributed by atoms with E-state index in [0.717, 1.165) is 17.1 Å². The van der Waals surface area contributed by atoms with Crippen LogP contribution in [0.25, 0.3) is 72.0 Å². The summed E-state index contributed by atoms with van der Waals surface area (Å²) in [6, 6.07) is 136. The Morgan fingerprint density at radius 3 is 0.948 bits per heavy atom. The van der Waals surface area contributed by atoms with Crippen molar-refractivity contribution in [2.45, 2.75) is 12.1 Å². The van der Waals surface area contributed by atoms with E-state index in [1.165, 1.54) is 106 Å². The van der Waals surface area contributed by atoms with Gasteiger partial charge in [-0.2, -0.15) is 0 Å². The van der Waals surface area contributed by atoms with Crippen LogP contribution in [0.5, 0.6) is 0 Å². The van der Waals surface area contributed by atoms with Crippen LogP contribution in [0, 0.1) is 0 Å². The van der Waals surface area contributed by atoms with Crippen molar-refractivity contribution in [3.8, 4) is 50.2 Å². The van der Waals surface area contributed by atoms with Gasteiger partial charge < -0.3 is 27.7 Å². The SMILES string of the molecule is C1=CC2C(C=C1)N(c1ccccc1)[Si]1(N(c3ccccc3)c3ccccc3N1c1ccccc1)N2c1ccccc1.c1ccc(-c2ccc(N(c3ccc(-c4ccccc4)cc3)c3ccc(-c4ccc(-c5ccc6c(c5)c5ccccc5n6-c5ccccc5)cc4)cc3)cc2)cc1. The number of rotatable bonds is 12. The van der Waals surface area contributed by atoms with Gasteiger partial charge in [-0.1, -0.05) is 273 Å². The molecule has 462 valence electrons. The van der Waals surface area contributed by atoms with E-state index in [0.29, 0.717) is 0 Å². The number of anilines is 9. The molecule has 0 saturated carbocycles. The largest absolute Gasteiger partial charge is 0.513 e. The van der Waals surface area contributed by atoms with Crippen molar-refractivity contribution >= 4 is 81.7 Å². The van der Waals surface area contributed by atoms with E-state index in [-0.39, 0.29) is 12.1 Å². The zero-order valence-electron chi connectivity index (χ0n) is 53.4. The summed E-state index contributed by atoms with van der Waals surface area (Å²) in [5.41, 5.74) is 23.8. The van der Waals surface area contributed by atoms with Crippen LogP contribution >= 0.6 is 0 Å². The minimum atomic E-state index is -3.15. The fourth-order valence-electron chi connectivity index (χ4n) is 14.9. The fourth-order valence-corrected chi connectivity index (χ4v) is 20.5. The van der Waals surface area contributed by atoms with Gasteiger partial charge in [0.2, 0.25) is 0 Å². The Bertz CT molecular complexity index is 5050. The maximum absolute atomic E-state index is 3.15. The Kier molecular flexibility index (Phi) is 15.3. The monoisotopic (exact) mass is 1260 g/mol. The summed E-state index contributed by atoms with van der Waals surface area (Å²) in [5.74, 6) is 0. The molecular weight excluding hydrogens is 1190 g/mol. The summed E-state index contributed by atoms with van der Waals surface area (Å²) >= 11 is 0. The van der Waals surface area contributed by atoms with E-state index >= 15 is 0 Å². The van der Waals surface area contributed by atoms with Crippen LogP contribution in [0.1, 0.15) is 0 Å². The first kappa shape index (κ1) is 58.4. The molecule has 3 aliphatic rings. The van der Waals surface area contributed by atoms with E-state index in [1.807, 2.05) is 0 Å². The molecule has 7 heteroatoms. The van der Waals surface area contributed by atoms with Crippen LogP contribution in [0.4, 0.5) is 51.2 Å². The zero-order chi connectivity index (χ0) is 64.5. The second-order valence-corrected chi connectivity index (χ2v) is 27.9. The Morgan fingerprint density at radius 1 is 0.237 bits per heavy atom. The number of benzene rings is 14. The Morgan fingerprint density at radius 2 is 0.536 bits per heavy atom. The van der Waals surface area contributed by atoms with Crippen molar-refractivity contribution in [3.63, 3.8) is 0 Å². The molecule has 14 aromatic carbocycles. The van der Waals surface area contributed by atoms with Crippen molar-refractivity contribution in [1.29, 1.82) is 0 Å². The average Bonchev–Trinajstić information content (AvgIpc) is 1.50. The lowest BCUT2D eigenvalue weighted by Gasteiger charge is -2.50. The second kappa shape index (κ2) is 25.5. The molecule has 97 heavy (non-hydrogen) atoms. The molecule has 18 rings (SSSR count). The molecule has 1 fully saturated rings. The minimum absolute atomic E-state index is 0.140. The average molecular weight is 1260 g/mol. The van der Waals surface area contributed by atoms with Gasteiger partial charge in [0.15, 0.2) is 0 Å². The van der Waals surface area contributed by atoms with Crippen LogP contribution in [-0.4, -0.2) is 25.4 Å². The maximum atomic E-state index is 2.75. The molecule has 1 spiro atoms. The quantitative estimate of drug-likeness (QED) is 0.113. The highest BCUT2D eigenvalue weighted by molar-refractivity contribution is 6.97. The molecule has 0 bridgehead atoms. The third-order valence-electron chi connectivity index (χ3n) is 19.2. The van der Waals surface area contributed by atoms with E-state index in [2.05, 4.69) is 428 Å². The van der Waals surface area contributed by atoms with Crippen molar-refractivity contribution < 1.29 is 0 Å². The number of hydrogen-bond donors (Lipinski definition) is 0. The fraction of sp³-hybridized carbons (Fsp3) is 0.0222. The van der Waals surface area contributed by atoms with Crippen LogP contribution in [0.2, 0.25) is 0 Å². The van der Waals surface area contributed by atoms with E-state index in [1.54, 1.807) is 0 Å². The predicted molar refractivity (Wildman–Crippen MR) is 410 cm³/mol. The first-order valence-corrected chi connectivity index (χ1v) is 35.2. The van der Waals surface area contributed by atoms with Gasteiger partial charge in [0.05, 0.1) is 34.5 Å². The van der Waals surface area contributed by atoms with Crippen molar-refractivity contribution in [3.05, 3.63) is 400 Å². The zero-order valence-corrected chi connectivity index (χ0v) is 54.4. The van der Waals surface area contributed by atoms with E-state index < -0.39 is 8.72 Å². The molecule has 2 aliphatic heterocycles. The molecule has 6 nitrogen and oxygen atoms in total. The third kappa shape index (κ3) is 10.6. The summed E-state index contributed by atoms with van der Waals surface area (Å²) < 4.78 is 13.2. The van der Waals surface area contributed by atoms with Crippen LogP contribution < -0.4 is 23.2 Å². The highest BCUT2D eigenvalue weighted by atomic mass is 28.4. The topological polar surface area (TPSA) is 21.1 Å². The number of nitrogens with zero attached hydrogens (tertiary/aromatic N) is 6. The van der Waals surface area contributed by atoms with Gasteiger partial charge in [0, 0.05) is 56.3 Å². The molecule has 3 heterocycles. The predicted octanol–water partition coefficient (Wildman–Crippen LogP) is 23.2. The maximum Gasteiger partial charge on any atom is 0.513 e. The number of aromatic nitrogens is 1. The van der Waals surface area contributed by atoms with E-state index in [4.69, 9.17) is 0 Å². The Labute approximate surface area is 568 Å². The Balaban J connectivity index is 0.000000153. The smallest absolute Gasteiger partial charge is 0.338 e. The summed E-state index contributed by atoms with van der Waals surface area (Å²) in [7, 11) is -3.15. The molecule has 0 N–H and O–H groups in total. The first-order chi connectivity index (χ1) is 48.2. The summed E-state index contributed by atoms with van der Waals surface area (Å²) in [6.45, 7) is 0. The normalized spacial score (nSPS) is 14.9. The van der Waals surface area contributed by atoms with Crippen LogP contribution in [0.3, 0.4) is 0 Å². The molecule has 2 unspecified atom stereocenters. The number of allylic oxidation sites excluding steroid dienone is 2. The highest BCUT2D eigenvalue weighted by Gasteiger charge is 2.72. The molecule has 0 amide bonds. The summed E-state index contributed by atoms with van der Waals surface area (Å²) in [4.78, 5) is 2.33. The third-order valence-corrected chi connectivity index (χ3v) is 23.8. The highest BCUT2D eigenvalue weighted by Crippen LogP contribution is 2.58. The molecule has 1 aromatic heterocycles. The lowest BCUT2D eigenvalue weighted by molar-refractivity contribution is 0.745.